The number of hydrogen-bond acceptors (Lipinski definition) is 5. The highest BCUT2D eigenvalue weighted by molar-refractivity contribution is 5.99. The largest absolute Gasteiger partial charge is 0.494 e. The van der Waals surface area contributed by atoms with Crippen molar-refractivity contribution in [2.24, 2.45) is 0 Å². The third kappa shape index (κ3) is 6.36. The van der Waals surface area contributed by atoms with Crippen LogP contribution in [0.25, 0.3) is 0 Å². The van der Waals surface area contributed by atoms with Gasteiger partial charge in [0.25, 0.3) is 11.8 Å². The summed E-state index contributed by atoms with van der Waals surface area (Å²) in [4.78, 5) is 26.8. The number of nitrogens with one attached hydrogen (secondary N) is 1. The predicted molar refractivity (Wildman–Crippen MR) is 140 cm³/mol. The second kappa shape index (κ2) is 11.6. The van der Waals surface area contributed by atoms with Gasteiger partial charge in [-0.1, -0.05) is 31.2 Å². The molecule has 0 saturated carbocycles. The van der Waals surface area contributed by atoms with E-state index in [1.807, 2.05) is 44.2 Å². The standard InChI is InChI=1S/C29H32N2O5/c1-4-22-8-11-24(12-9-22)34-15-5-14-31-25-17-23(10-13-26(25)36-19-29(31)33)30-28(32)18-35-27-16-20(2)6-7-21(27)3/h6-13,16-17H,4-5,14-15,18-19H2,1-3H3,(H,30,32). The number of carbonyl (C=O) groups is 2. The molecule has 1 heterocycles. The van der Waals surface area contributed by atoms with E-state index in [0.29, 0.717) is 42.4 Å². The van der Waals surface area contributed by atoms with Crippen molar-refractivity contribution in [2.45, 2.75) is 33.6 Å². The summed E-state index contributed by atoms with van der Waals surface area (Å²) in [5.74, 6) is 1.69. The van der Waals surface area contributed by atoms with Crippen LogP contribution >= 0.6 is 0 Å². The summed E-state index contributed by atoms with van der Waals surface area (Å²) in [6.07, 6.45) is 1.64. The molecule has 0 unspecified atom stereocenters. The lowest BCUT2D eigenvalue weighted by molar-refractivity contribution is -0.121. The van der Waals surface area contributed by atoms with Crippen molar-refractivity contribution >= 4 is 23.2 Å². The molecule has 188 valence electrons. The number of amides is 2. The molecule has 0 bridgehead atoms. The molecular weight excluding hydrogens is 456 g/mol. The molecule has 1 N–H and O–H groups in total. The Bertz CT molecular complexity index is 1220. The summed E-state index contributed by atoms with van der Waals surface area (Å²) in [5.41, 5.74) is 4.49. The molecule has 0 saturated heterocycles. The predicted octanol–water partition coefficient (Wildman–Crippen LogP) is 5.08. The van der Waals surface area contributed by atoms with Crippen LogP contribution in [0.15, 0.2) is 60.7 Å². The molecule has 7 heteroatoms. The fraction of sp³-hybridized carbons (Fsp3) is 0.310. The number of rotatable bonds is 10. The summed E-state index contributed by atoms with van der Waals surface area (Å²) >= 11 is 0. The first-order chi connectivity index (χ1) is 17.4. The molecule has 2 amide bonds. The Kier molecular flexibility index (Phi) is 8.10. The molecule has 0 aromatic heterocycles. The van der Waals surface area contributed by atoms with E-state index in [1.54, 1.807) is 23.1 Å². The van der Waals surface area contributed by atoms with E-state index < -0.39 is 0 Å². The van der Waals surface area contributed by atoms with Gasteiger partial charge in [0.2, 0.25) is 0 Å². The third-order valence-electron chi connectivity index (χ3n) is 6.01. The van der Waals surface area contributed by atoms with Gasteiger partial charge < -0.3 is 24.4 Å². The molecule has 0 fully saturated rings. The number of carbonyl (C=O) groups excluding carboxylic acids is 2. The number of ether oxygens (including phenoxy) is 3. The SMILES string of the molecule is CCc1ccc(OCCCN2C(=O)COc3ccc(NC(=O)COc4cc(C)ccc4C)cc32)cc1. The average molecular weight is 489 g/mol. The van der Waals surface area contributed by atoms with Crippen molar-refractivity contribution in [3.8, 4) is 17.2 Å². The molecule has 3 aromatic carbocycles. The first-order valence-electron chi connectivity index (χ1n) is 12.2. The van der Waals surface area contributed by atoms with Crippen molar-refractivity contribution in [1.82, 2.24) is 0 Å². The van der Waals surface area contributed by atoms with E-state index in [4.69, 9.17) is 14.2 Å². The Hall–Kier alpha value is -4.00. The van der Waals surface area contributed by atoms with Crippen LogP contribution in [0.3, 0.4) is 0 Å². The van der Waals surface area contributed by atoms with Gasteiger partial charge in [-0.2, -0.15) is 0 Å². The molecule has 36 heavy (non-hydrogen) atoms. The zero-order valence-corrected chi connectivity index (χ0v) is 21.0. The van der Waals surface area contributed by atoms with Gasteiger partial charge in [0.15, 0.2) is 13.2 Å². The van der Waals surface area contributed by atoms with Crippen molar-refractivity contribution in [2.75, 3.05) is 36.6 Å². The quantitative estimate of drug-likeness (QED) is 0.403. The van der Waals surface area contributed by atoms with Gasteiger partial charge in [0.1, 0.15) is 17.2 Å². The Morgan fingerprint density at radius 3 is 2.61 bits per heavy atom. The Labute approximate surface area is 212 Å². The fourth-order valence-corrected chi connectivity index (χ4v) is 3.96. The van der Waals surface area contributed by atoms with Crippen molar-refractivity contribution < 1.29 is 23.8 Å². The average Bonchev–Trinajstić information content (AvgIpc) is 2.88. The second-order valence-corrected chi connectivity index (χ2v) is 8.82. The summed E-state index contributed by atoms with van der Waals surface area (Å²) < 4.78 is 17.1. The summed E-state index contributed by atoms with van der Waals surface area (Å²) in [5, 5.41) is 2.85. The zero-order valence-electron chi connectivity index (χ0n) is 21.0. The summed E-state index contributed by atoms with van der Waals surface area (Å²) in [7, 11) is 0. The van der Waals surface area contributed by atoms with Gasteiger partial charge in [-0.05, 0) is 79.8 Å². The van der Waals surface area contributed by atoms with Gasteiger partial charge in [0, 0.05) is 12.2 Å². The van der Waals surface area contributed by atoms with Crippen molar-refractivity contribution in [3.05, 3.63) is 77.4 Å². The van der Waals surface area contributed by atoms with Gasteiger partial charge in [-0.25, -0.2) is 0 Å². The lowest BCUT2D eigenvalue weighted by atomic mass is 10.1. The highest BCUT2D eigenvalue weighted by Crippen LogP contribution is 2.34. The minimum atomic E-state index is -0.284. The molecule has 0 atom stereocenters. The highest BCUT2D eigenvalue weighted by atomic mass is 16.5. The van der Waals surface area contributed by atoms with Crippen LogP contribution < -0.4 is 24.4 Å². The van der Waals surface area contributed by atoms with Gasteiger partial charge in [0.05, 0.1) is 12.3 Å². The molecule has 0 radical (unpaired) electrons. The molecular formula is C29H32N2O5. The van der Waals surface area contributed by atoms with E-state index in [2.05, 4.69) is 24.4 Å². The molecule has 7 nitrogen and oxygen atoms in total. The first kappa shape index (κ1) is 25.1. The van der Waals surface area contributed by atoms with Gasteiger partial charge in [-0.3, -0.25) is 9.59 Å². The topological polar surface area (TPSA) is 77.1 Å². The maximum Gasteiger partial charge on any atom is 0.265 e. The van der Waals surface area contributed by atoms with Crippen molar-refractivity contribution in [3.63, 3.8) is 0 Å². The lowest BCUT2D eigenvalue weighted by Crippen LogP contribution is -2.39. The monoisotopic (exact) mass is 488 g/mol. The molecule has 1 aliphatic heterocycles. The van der Waals surface area contributed by atoms with E-state index >= 15 is 0 Å². The molecule has 4 rings (SSSR count). The number of nitrogens with zero attached hydrogens (tertiary/aromatic N) is 1. The Balaban J connectivity index is 1.34. The van der Waals surface area contributed by atoms with Crippen LogP contribution in [0.5, 0.6) is 17.2 Å². The maximum absolute atomic E-state index is 12.6. The number of fused-ring (bicyclic) bond motifs is 1. The van der Waals surface area contributed by atoms with Crippen LogP contribution in [-0.4, -0.2) is 38.2 Å². The molecule has 1 aliphatic rings. The van der Waals surface area contributed by atoms with Crippen LogP contribution in [0.4, 0.5) is 11.4 Å². The smallest absolute Gasteiger partial charge is 0.265 e. The first-order valence-corrected chi connectivity index (χ1v) is 12.2. The van der Waals surface area contributed by atoms with Crippen LogP contribution in [-0.2, 0) is 16.0 Å². The minimum absolute atomic E-state index is 0.0122. The highest BCUT2D eigenvalue weighted by Gasteiger charge is 2.25. The van der Waals surface area contributed by atoms with Gasteiger partial charge >= 0.3 is 0 Å². The number of benzene rings is 3. The van der Waals surface area contributed by atoms with Crippen LogP contribution in [0.2, 0.25) is 0 Å². The second-order valence-electron chi connectivity index (χ2n) is 8.82. The lowest BCUT2D eigenvalue weighted by Gasteiger charge is -2.30. The third-order valence-corrected chi connectivity index (χ3v) is 6.01. The van der Waals surface area contributed by atoms with E-state index in [-0.39, 0.29) is 25.0 Å². The van der Waals surface area contributed by atoms with E-state index in [0.717, 1.165) is 23.3 Å². The van der Waals surface area contributed by atoms with Crippen LogP contribution in [0, 0.1) is 13.8 Å². The summed E-state index contributed by atoms with van der Waals surface area (Å²) in [6.45, 7) is 6.87. The number of aryl methyl sites for hydroxylation is 3. The molecule has 0 spiro atoms. The fourth-order valence-electron chi connectivity index (χ4n) is 3.96. The van der Waals surface area contributed by atoms with Gasteiger partial charge in [-0.15, -0.1) is 0 Å². The van der Waals surface area contributed by atoms with Crippen LogP contribution in [0.1, 0.15) is 30.0 Å². The minimum Gasteiger partial charge on any atom is -0.494 e. The van der Waals surface area contributed by atoms with E-state index in [9.17, 15) is 9.59 Å². The number of hydrogen-bond donors (Lipinski definition) is 1. The molecule has 0 aliphatic carbocycles. The zero-order chi connectivity index (χ0) is 25.5. The summed E-state index contributed by atoms with van der Waals surface area (Å²) in [6, 6.07) is 19.2. The maximum atomic E-state index is 12.6. The Morgan fingerprint density at radius 2 is 1.83 bits per heavy atom. The molecule has 3 aromatic rings. The number of anilines is 2. The van der Waals surface area contributed by atoms with E-state index in [1.165, 1.54) is 5.56 Å². The van der Waals surface area contributed by atoms with Crippen molar-refractivity contribution in [1.29, 1.82) is 0 Å². The Morgan fingerprint density at radius 1 is 1.03 bits per heavy atom. The normalized spacial score (nSPS) is 12.5.